The Balaban J connectivity index is 1.73. The normalized spacial score (nSPS) is 35.1. The fourth-order valence-corrected chi connectivity index (χ4v) is 5.65. The van der Waals surface area contributed by atoms with E-state index in [1.54, 1.807) is 0 Å². The summed E-state index contributed by atoms with van der Waals surface area (Å²) in [5.74, 6) is 2.35. The van der Waals surface area contributed by atoms with Gasteiger partial charge in [-0.3, -0.25) is 4.79 Å². The van der Waals surface area contributed by atoms with Crippen molar-refractivity contribution in [2.75, 3.05) is 0 Å². The first-order valence-electron chi connectivity index (χ1n) is 8.79. The number of phenolic OH excluding ortho intramolecular Hbond substituents is 1. The number of hydrogen-bond acceptors (Lipinski definition) is 3. The number of hydrogen-bond donors (Lipinski definition) is 1. The molecule has 3 aliphatic carbocycles. The van der Waals surface area contributed by atoms with Gasteiger partial charge in [0.15, 0.2) is 0 Å². The predicted octanol–water partition coefficient (Wildman–Crippen LogP) is 3.88. The van der Waals surface area contributed by atoms with Gasteiger partial charge in [0.05, 0.1) is 12.5 Å². The zero-order chi connectivity index (χ0) is 16.2. The molecule has 120 valence electrons. The van der Waals surface area contributed by atoms with Crippen molar-refractivity contribution >= 4 is 5.78 Å². The molecule has 3 aliphatic rings. The number of carbonyl (C=O) groups excluding carboxylic acids is 1. The lowest BCUT2D eigenvalue weighted by molar-refractivity contribution is -0.129. The first-order valence-corrected chi connectivity index (χ1v) is 8.79. The molecule has 0 aromatic heterocycles. The van der Waals surface area contributed by atoms with Crippen molar-refractivity contribution < 1.29 is 9.90 Å². The van der Waals surface area contributed by atoms with Crippen LogP contribution in [0.5, 0.6) is 5.75 Å². The van der Waals surface area contributed by atoms with E-state index in [0.717, 1.165) is 44.1 Å². The highest BCUT2D eigenvalue weighted by Gasteiger charge is 2.54. The molecule has 0 heterocycles. The number of benzene rings is 1. The molecule has 0 amide bonds. The van der Waals surface area contributed by atoms with E-state index in [1.807, 2.05) is 6.07 Å². The van der Waals surface area contributed by atoms with Crippen LogP contribution in [0.3, 0.4) is 0 Å². The number of Topliss-reactive ketones (excluding diaryl/α,β-unsaturated/α-hetero) is 1. The molecule has 0 spiro atoms. The minimum absolute atomic E-state index is 0.0922. The maximum atomic E-state index is 12.4. The zero-order valence-corrected chi connectivity index (χ0v) is 13.6. The van der Waals surface area contributed by atoms with Crippen molar-refractivity contribution in [2.45, 2.75) is 57.8 Å². The second-order valence-electron chi connectivity index (χ2n) is 7.85. The number of fused-ring (bicyclic) bond motifs is 5. The van der Waals surface area contributed by atoms with Crippen LogP contribution in [-0.2, 0) is 17.6 Å². The van der Waals surface area contributed by atoms with E-state index in [-0.39, 0.29) is 17.6 Å². The van der Waals surface area contributed by atoms with Crippen LogP contribution in [0.25, 0.3) is 0 Å². The number of carbonyl (C=O) groups is 1. The second kappa shape index (κ2) is 5.09. The zero-order valence-electron chi connectivity index (χ0n) is 13.6. The van der Waals surface area contributed by atoms with Gasteiger partial charge in [-0.05, 0) is 67.1 Å². The summed E-state index contributed by atoms with van der Waals surface area (Å²) in [5, 5.41) is 19.1. The van der Waals surface area contributed by atoms with Gasteiger partial charge in [0.1, 0.15) is 11.5 Å². The van der Waals surface area contributed by atoms with E-state index in [2.05, 4.69) is 19.1 Å². The molecule has 0 unspecified atom stereocenters. The Hall–Kier alpha value is -1.82. The summed E-state index contributed by atoms with van der Waals surface area (Å²) < 4.78 is 0. The lowest BCUT2D eigenvalue weighted by Crippen LogP contribution is -2.42. The van der Waals surface area contributed by atoms with Gasteiger partial charge in [-0.15, -0.1) is 0 Å². The summed E-state index contributed by atoms with van der Waals surface area (Å²) in [5.41, 5.74) is 3.25. The average Bonchev–Trinajstić information content (AvgIpc) is 2.84. The van der Waals surface area contributed by atoms with Crippen molar-refractivity contribution in [1.29, 1.82) is 5.26 Å². The molecule has 0 radical (unpaired) electrons. The highest BCUT2D eigenvalue weighted by Crippen LogP contribution is 2.59. The average molecular weight is 309 g/mol. The highest BCUT2D eigenvalue weighted by molar-refractivity contribution is 5.87. The minimum atomic E-state index is -0.0922. The smallest absolute Gasteiger partial charge is 0.139 e. The van der Waals surface area contributed by atoms with Gasteiger partial charge < -0.3 is 5.11 Å². The van der Waals surface area contributed by atoms with Gasteiger partial charge in [0.25, 0.3) is 0 Å². The van der Waals surface area contributed by atoms with E-state index < -0.39 is 0 Å². The lowest BCUT2D eigenvalue weighted by atomic mass is 9.55. The van der Waals surface area contributed by atoms with Crippen LogP contribution in [0.15, 0.2) is 12.1 Å². The Morgan fingerprint density at radius 1 is 1.30 bits per heavy atom. The molecule has 0 saturated heterocycles. The second-order valence-corrected chi connectivity index (χ2v) is 7.85. The maximum absolute atomic E-state index is 12.4. The number of nitriles is 1. The number of nitrogens with zero attached hydrogens (tertiary/aromatic N) is 1. The molecule has 2 fully saturated rings. The Kier molecular flexibility index (Phi) is 3.27. The molecule has 0 aliphatic heterocycles. The van der Waals surface area contributed by atoms with E-state index >= 15 is 0 Å². The summed E-state index contributed by atoms with van der Waals surface area (Å²) in [6.45, 7) is 2.19. The van der Waals surface area contributed by atoms with Crippen molar-refractivity contribution in [1.82, 2.24) is 0 Å². The number of rotatable bonds is 1. The Morgan fingerprint density at radius 2 is 2.13 bits per heavy atom. The van der Waals surface area contributed by atoms with Gasteiger partial charge in [-0.25, -0.2) is 0 Å². The standard InChI is InChI=1S/C20H23NO2/c1-20-8-6-14-15(17(20)4-5-19(20)23)3-2-12-11-18(22)13(7-9-21)10-16(12)14/h10-11,14-15,17,22H,2-8H2,1H3/t14-,15+,17-,20-/m0/s1. The molecule has 3 heteroatoms. The first kappa shape index (κ1) is 14.8. The van der Waals surface area contributed by atoms with Crippen LogP contribution in [0.2, 0.25) is 0 Å². The van der Waals surface area contributed by atoms with Crippen LogP contribution in [-0.4, -0.2) is 10.9 Å². The van der Waals surface area contributed by atoms with Crippen LogP contribution in [0.4, 0.5) is 0 Å². The molecule has 3 nitrogen and oxygen atoms in total. The molecule has 0 bridgehead atoms. The van der Waals surface area contributed by atoms with Gasteiger partial charge in [0, 0.05) is 17.4 Å². The van der Waals surface area contributed by atoms with E-state index in [4.69, 9.17) is 5.26 Å². The fourth-order valence-electron chi connectivity index (χ4n) is 5.65. The summed E-state index contributed by atoms with van der Waals surface area (Å²) in [4.78, 5) is 12.4. The molecule has 4 rings (SSSR count). The van der Waals surface area contributed by atoms with Crippen LogP contribution in [0.1, 0.15) is 61.6 Å². The van der Waals surface area contributed by atoms with Crippen molar-refractivity contribution in [2.24, 2.45) is 17.3 Å². The third kappa shape index (κ3) is 2.04. The summed E-state index contributed by atoms with van der Waals surface area (Å²) in [6.07, 6.45) is 6.23. The van der Waals surface area contributed by atoms with E-state index in [9.17, 15) is 9.90 Å². The summed E-state index contributed by atoms with van der Waals surface area (Å²) in [7, 11) is 0. The topological polar surface area (TPSA) is 61.1 Å². The molecule has 1 N–H and O–H groups in total. The Bertz CT molecular complexity index is 717. The number of phenols is 1. The van der Waals surface area contributed by atoms with E-state index in [1.165, 1.54) is 11.1 Å². The first-order chi connectivity index (χ1) is 11.0. The quantitative estimate of drug-likeness (QED) is 0.856. The van der Waals surface area contributed by atoms with E-state index in [0.29, 0.717) is 23.5 Å². The number of aryl methyl sites for hydroxylation is 1. The van der Waals surface area contributed by atoms with Gasteiger partial charge in [-0.1, -0.05) is 13.0 Å². The van der Waals surface area contributed by atoms with Gasteiger partial charge in [0.2, 0.25) is 0 Å². The summed E-state index contributed by atoms with van der Waals surface area (Å²) >= 11 is 0. The fraction of sp³-hybridized carbons (Fsp3) is 0.600. The third-order valence-corrected chi connectivity index (χ3v) is 6.90. The molecule has 4 atom stereocenters. The van der Waals surface area contributed by atoms with Crippen molar-refractivity contribution in [3.63, 3.8) is 0 Å². The van der Waals surface area contributed by atoms with Gasteiger partial charge in [-0.2, -0.15) is 5.26 Å². The Morgan fingerprint density at radius 3 is 2.91 bits per heavy atom. The SMILES string of the molecule is C[C@]12CC[C@@H]3c4cc(CC#N)c(O)cc4CC[C@H]3[C@@H]1CCC2=O. The van der Waals surface area contributed by atoms with Crippen molar-refractivity contribution in [3.8, 4) is 11.8 Å². The maximum Gasteiger partial charge on any atom is 0.139 e. The lowest BCUT2D eigenvalue weighted by Gasteiger charge is -2.48. The largest absolute Gasteiger partial charge is 0.508 e. The van der Waals surface area contributed by atoms with Crippen molar-refractivity contribution in [3.05, 3.63) is 28.8 Å². The molecule has 23 heavy (non-hydrogen) atoms. The van der Waals surface area contributed by atoms with Gasteiger partial charge >= 0.3 is 0 Å². The molecule has 1 aromatic rings. The minimum Gasteiger partial charge on any atom is -0.508 e. The number of aromatic hydroxyl groups is 1. The summed E-state index contributed by atoms with van der Waals surface area (Å²) in [6, 6.07) is 6.10. The van der Waals surface area contributed by atoms with Crippen LogP contribution in [0, 0.1) is 28.6 Å². The predicted molar refractivity (Wildman–Crippen MR) is 87.0 cm³/mol. The van der Waals surface area contributed by atoms with Crippen LogP contribution >= 0.6 is 0 Å². The molecular formula is C20H23NO2. The van der Waals surface area contributed by atoms with Crippen LogP contribution < -0.4 is 0 Å². The molecule has 2 saturated carbocycles. The monoisotopic (exact) mass is 309 g/mol. The Labute approximate surface area is 137 Å². The molecule has 1 aromatic carbocycles. The number of ketones is 1. The highest BCUT2D eigenvalue weighted by atomic mass is 16.3. The third-order valence-electron chi connectivity index (χ3n) is 6.90. The molecular weight excluding hydrogens is 286 g/mol.